The standard InChI is InChI=1S/C19H27N3O3/c1-13-17(20-10-11-25-13)19(24)22-16-9-5-8-15(12-16)21-18(23)14-6-3-2-4-7-14/h5,8-9,12-14,17,20H,2-4,6-7,10-11H2,1H3,(H,21,23)(H,22,24)/t13-,17+/m1/s1. The summed E-state index contributed by atoms with van der Waals surface area (Å²) in [4.78, 5) is 24.8. The number of carbonyl (C=O) groups is 2. The van der Waals surface area contributed by atoms with Gasteiger partial charge in [0.25, 0.3) is 0 Å². The van der Waals surface area contributed by atoms with Crippen LogP contribution in [0, 0.1) is 5.92 Å². The van der Waals surface area contributed by atoms with Crippen LogP contribution in [-0.2, 0) is 14.3 Å². The van der Waals surface area contributed by atoms with Crippen molar-refractivity contribution in [3.05, 3.63) is 24.3 Å². The molecule has 1 aromatic rings. The molecule has 0 aromatic heterocycles. The molecule has 2 fully saturated rings. The first kappa shape index (κ1) is 17.9. The summed E-state index contributed by atoms with van der Waals surface area (Å²) in [7, 11) is 0. The van der Waals surface area contributed by atoms with Gasteiger partial charge in [-0.2, -0.15) is 0 Å². The van der Waals surface area contributed by atoms with E-state index in [1.165, 1.54) is 6.42 Å². The van der Waals surface area contributed by atoms with Crippen LogP contribution in [0.1, 0.15) is 39.0 Å². The van der Waals surface area contributed by atoms with Gasteiger partial charge in [-0.15, -0.1) is 0 Å². The summed E-state index contributed by atoms with van der Waals surface area (Å²) >= 11 is 0. The Morgan fingerprint density at radius 2 is 1.76 bits per heavy atom. The van der Waals surface area contributed by atoms with Crippen molar-refractivity contribution in [3.63, 3.8) is 0 Å². The summed E-state index contributed by atoms with van der Waals surface area (Å²) in [5.74, 6) is 0.0681. The molecule has 0 bridgehead atoms. The SMILES string of the molecule is C[C@H]1OCCN[C@@H]1C(=O)Nc1cccc(NC(=O)C2CCCCC2)c1. The summed E-state index contributed by atoms with van der Waals surface area (Å²) in [6, 6.07) is 6.94. The predicted octanol–water partition coefficient (Wildman–Crippen LogP) is 2.52. The number of amides is 2. The van der Waals surface area contributed by atoms with Crippen LogP contribution in [0.3, 0.4) is 0 Å². The van der Waals surface area contributed by atoms with E-state index in [1.54, 1.807) is 6.07 Å². The average molecular weight is 345 g/mol. The van der Waals surface area contributed by atoms with Crippen LogP contribution in [0.2, 0.25) is 0 Å². The molecule has 0 spiro atoms. The number of nitrogens with one attached hydrogen (secondary N) is 3. The third-order valence-corrected chi connectivity index (χ3v) is 4.97. The lowest BCUT2D eigenvalue weighted by Gasteiger charge is -2.29. The van der Waals surface area contributed by atoms with Crippen molar-refractivity contribution in [3.8, 4) is 0 Å². The highest BCUT2D eigenvalue weighted by molar-refractivity contribution is 5.97. The van der Waals surface area contributed by atoms with Crippen LogP contribution in [0.25, 0.3) is 0 Å². The molecule has 1 aliphatic carbocycles. The number of hydrogen-bond donors (Lipinski definition) is 3. The van der Waals surface area contributed by atoms with Crippen LogP contribution < -0.4 is 16.0 Å². The summed E-state index contributed by atoms with van der Waals surface area (Å²) in [5, 5.41) is 9.06. The number of ether oxygens (including phenoxy) is 1. The highest BCUT2D eigenvalue weighted by atomic mass is 16.5. The van der Waals surface area contributed by atoms with Crippen molar-refractivity contribution in [2.24, 2.45) is 5.92 Å². The van der Waals surface area contributed by atoms with Gasteiger partial charge < -0.3 is 20.7 Å². The van der Waals surface area contributed by atoms with E-state index in [9.17, 15) is 9.59 Å². The minimum Gasteiger partial charge on any atom is -0.375 e. The molecule has 3 N–H and O–H groups in total. The Bertz CT molecular complexity index is 614. The van der Waals surface area contributed by atoms with Gasteiger partial charge in [0, 0.05) is 23.8 Å². The Morgan fingerprint density at radius 1 is 1.08 bits per heavy atom. The van der Waals surface area contributed by atoms with Crippen molar-refractivity contribution in [1.29, 1.82) is 0 Å². The zero-order valence-corrected chi connectivity index (χ0v) is 14.7. The monoisotopic (exact) mass is 345 g/mol. The molecule has 6 nitrogen and oxygen atoms in total. The third kappa shape index (κ3) is 4.80. The van der Waals surface area contributed by atoms with Gasteiger partial charge in [-0.25, -0.2) is 0 Å². The predicted molar refractivity (Wildman–Crippen MR) is 97.5 cm³/mol. The average Bonchev–Trinajstić information content (AvgIpc) is 2.63. The van der Waals surface area contributed by atoms with Crippen molar-refractivity contribution in [2.75, 3.05) is 23.8 Å². The number of carbonyl (C=O) groups excluding carboxylic acids is 2. The molecule has 1 saturated heterocycles. The van der Waals surface area contributed by atoms with Crippen molar-refractivity contribution >= 4 is 23.2 Å². The Labute approximate surface area is 148 Å². The molecular formula is C19H27N3O3. The first-order valence-electron chi connectivity index (χ1n) is 9.20. The van der Waals surface area contributed by atoms with E-state index < -0.39 is 0 Å². The van der Waals surface area contributed by atoms with Gasteiger partial charge in [0.15, 0.2) is 0 Å². The number of morpholine rings is 1. The fourth-order valence-corrected chi connectivity index (χ4v) is 3.53. The smallest absolute Gasteiger partial charge is 0.244 e. The van der Waals surface area contributed by atoms with Crippen LogP contribution in [0.15, 0.2) is 24.3 Å². The van der Waals surface area contributed by atoms with E-state index in [0.29, 0.717) is 24.5 Å². The van der Waals surface area contributed by atoms with Gasteiger partial charge in [-0.1, -0.05) is 25.3 Å². The quantitative estimate of drug-likeness (QED) is 0.783. The highest BCUT2D eigenvalue weighted by Crippen LogP contribution is 2.25. The molecule has 1 aliphatic heterocycles. The Kier molecular flexibility index (Phi) is 6.04. The molecule has 0 radical (unpaired) electrons. The molecule has 0 unspecified atom stereocenters. The van der Waals surface area contributed by atoms with Crippen LogP contribution in [-0.4, -0.2) is 37.1 Å². The zero-order chi connectivity index (χ0) is 17.6. The molecule has 3 rings (SSSR count). The highest BCUT2D eigenvalue weighted by Gasteiger charge is 2.28. The Balaban J connectivity index is 1.59. The lowest BCUT2D eigenvalue weighted by atomic mass is 9.88. The van der Waals surface area contributed by atoms with Gasteiger partial charge in [0.05, 0.1) is 12.7 Å². The Hall–Kier alpha value is -1.92. The first-order valence-corrected chi connectivity index (χ1v) is 9.20. The molecule has 136 valence electrons. The van der Waals surface area contributed by atoms with E-state index in [1.807, 2.05) is 25.1 Å². The molecule has 25 heavy (non-hydrogen) atoms. The topological polar surface area (TPSA) is 79.5 Å². The normalized spacial score (nSPS) is 24.5. The zero-order valence-electron chi connectivity index (χ0n) is 14.7. The van der Waals surface area contributed by atoms with Gasteiger partial charge >= 0.3 is 0 Å². The summed E-state index contributed by atoms with van der Waals surface area (Å²) < 4.78 is 5.51. The van der Waals surface area contributed by atoms with Gasteiger partial charge in [-0.3, -0.25) is 9.59 Å². The number of rotatable bonds is 4. The maximum absolute atomic E-state index is 12.4. The third-order valence-electron chi connectivity index (χ3n) is 4.97. The molecule has 2 aliphatic rings. The minimum atomic E-state index is -0.366. The molecule has 2 atom stereocenters. The van der Waals surface area contributed by atoms with E-state index in [4.69, 9.17) is 4.74 Å². The molecule has 1 aromatic carbocycles. The maximum atomic E-state index is 12.4. The van der Waals surface area contributed by atoms with Gasteiger partial charge in [0.1, 0.15) is 6.04 Å². The van der Waals surface area contributed by atoms with E-state index in [2.05, 4.69) is 16.0 Å². The molecule has 2 amide bonds. The maximum Gasteiger partial charge on any atom is 0.244 e. The number of anilines is 2. The van der Waals surface area contributed by atoms with Crippen molar-refractivity contribution in [1.82, 2.24) is 5.32 Å². The fraction of sp³-hybridized carbons (Fsp3) is 0.579. The summed E-state index contributed by atoms with van der Waals surface area (Å²) in [6.45, 7) is 3.17. The summed E-state index contributed by atoms with van der Waals surface area (Å²) in [5.41, 5.74) is 1.39. The van der Waals surface area contributed by atoms with E-state index in [0.717, 1.165) is 25.7 Å². The number of benzene rings is 1. The fourth-order valence-electron chi connectivity index (χ4n) is 3.53. The molecule has 6 heteroatoms. The lowest BCUT2D eigenvalue weighted by molar-refractivity contribution is -0.123. The van der Waals surface area contributed by atoms with Crippen LogP contribution >= 0.6 is 0 Å². The number of hydrogen-bond acceptors (Lipinski definition) is 4. The van der Waals surface area contributed by atoms with E-state index in [-0.39, 0.29) is 29.9 Å². The molecular weight excluding hydrogens is 318 g/mol. The molecule has 1 heterocycles. The second-order valence-corrected chi connectivity index (χ2v) is 6.90. The first-order chi connectivity index (χ1) is 12.1. The Morgan fingerprint density at radius 3 is 2.44 bits per heavy atom. The van der Waals surface area contributed by atoms with Gasteiger partial charge in [0.2, 0.25) is 11.8 Å². The second-order valence-electron chi connectivity index (χ2n) is 6.90. The summed E-state index contributed by atoms with van der Waals surface area (Å²) in [6.07, 6.45) is 5.25. The van der Waals surface area contributed by atoms with Crippen molar-refractivity contribution in [2.45, 2.75) is 51.2 Å². The van der Waals surface area contributed by atoms with Crippen molar-refractivity contribution < 1.29 is 14.3 Å². The van der Waals surface area contributed by atoms with Gasteiger partial charge in [-0.05, 0) is 38.0 Å². The van der Waals surface area contributed by atoms with Crippen LogP contribution in [0.4, 0.5) is 11.4 Å². The lowest BCUT2D eigenvalue weighted by Crippen LogP contribution is -2.53. The van der Waals surface area contributed by atoms with Crippen LogP contribution in [0.5, 0.6) is 0 Å². The largest absolute Gasteiger partial charge is 0.375 e. The van der Waals surface area contributed by atoms with E-state index >= 15 is 0 Å². The minimum absolute atomic E-state index is 0.0825. The molecule has 1 saturated carbocycles. The second kappa shape index (κ2) is 8.45.